The second-order valence-corrected chi connectivity index (χ2v) is 9.70. The average Bonchev–Trinajstić information content (AvgIpc) is 3.17. The molecule has 0 spiro atoms. The number of carbonyl (C=O) groups excluding carboxylic acids is 1. The second-order valence-electron chi connectivity index (χ2n) is 7.58. The maximum absolute atomic E-state index is 13.8. The van der Waals surface area contributed by atoms with E-state index >= 15 is 0 Å². The van der Waals surface area contributed by atoms with Gasteiger partial charge in [-0.1, -0.05) is 24.1 Å². The lowest BCUT2D eigenvalue weighted by molar-refractivity contribution is -0.142. The minimum absolute atomic E-state index is 0.0803. The Hall–Kier alpha value is -3.45. The van der Waals surface area contributed by atoms with Crippen LogP contribution in [0.25, 0.3) is 0 Å². The van der Waals surface area contributed by atoms with Crippen LogP contribution in [0.3, 0.4) is 0 Å². The van der Waals surface area contributed by atoms with Crippen LogP contribution in [0.2, 0.25) is 0 Å². The average molecular weight is 531 g/mol. The molecule has 15 heteroatoms. The van der Waals surface area contributed by atoms with Gasteiger partial charge in [-0.2, -0.15) is 13.2 Å². The molecule has 3 rings (SSSR count). The zero-order valence-corrected chi connectivity index (χ0v) is 19.4. The van der Waals surface area contributed by atoms with E-state index in [-0.39, 0.29) is 17.4 Å². The zero-order valence-electron chi connectivity index (χ0n) is 18.6. The maximum atomic E-state index is 13.8. The number of halogens is 3. The van der Waals surface area contributed by atoms with Crippen molar-refractivity contribution in [3.05, 3.63) is 62.9 Å². The molecule has 1 aliphatic rings. The van der Waals surface area contributed by atoms with Gasteiger partial charge in [0.1, 0.15) is 24.9 Å². The van der Waals surface area contributed by atoms with Crippen LogP contribution in [0.4, 0.5) is 13.2 Å². The van der Waals surface area contributed by atoms with Crippen molar-refractivity contribution < 1.29 is 40.7 Å². The van der Waals surface area contributed by atoms with E-state index in [1.54, 1.807) is 0 Å². The van der Waals surface area contributed by atoms with Gasteiger partial charge in [0, 0.05) is 19.5 Å². The Labute approximate surface area is 202 Å². The van der Waals surface area contributed by atoms with E-state index in [2.05, 4.69) is 5.92 Å². The minimum Gasteiger partial charge on any atom is -0.363 e. The smallest absolute Gasteiger partial charge is 0.363 e. The monoisotopic (exact) mass is 531 g/mol. The first-order chi connectivity index (χ1) is 16.8. The topological polar surface area (TPSA) is 146 Å². The maximum Gasteiger partial charge on any atom is 0.423 e. The number of aromatic nitrogens is 2. The van der Waals surface area contributed by atoms with Crippen LogP contribution >= 0.6 is 0 Å². The molecule has 2 N–H and O–H groups in total. The molecule has 36 heavy (non-hydrogen) atoms. The summed E-state index contributed by atoms with van der Waals surface area (Å²) in [5.74, 6) is 1.56. The molecule has 194 valence electrons. The third-order valence-electron chi connectivity index (χ3n) is 5.14. The summed E-state index contributed by atoms with van der Waals surface area (Å²) < 4.78 is 79.6. The van der Waals surface area contributed by atoms with Crippen LogP contribution in [0.1, 0.15) is 18.9 Å². The molecule has 1 fully saturated rings. The van der Waals surface area contributed by atoms with Crippen LogP contribution in [-0.2, 0) is 40.2 Å². The fourth-order valence-electron chi connectivity index (χ4n) is 3.60. The number of nitrogens with zero attached hydrogens (tertiary/aromatic N) is 1. The molecule has 1 saturated heterocycles. The van der Waals surface area contributed by atoms with Crippen LogP contribution in [0.15, 0.2) is 51.0 Å². The van der Waals surface area contributed by atoms with Crippen molar-refractivity contribution in [3.63, 3.8) is 0 Å². The third kappa shape index (κ3) is 5.21. The van der Waals surface area contributed by atoms with E-state index in [9.17, 15) is 36.0 Å². The van der Waals surface area contributed by atoms with Gasteiger partial charge >= 0.3 is 11.9 Å². The number of aromatic amines is 1. The first-order valence-corrected chi connectivity index (χ1v) is 11.7. The fraction of sp³-hybridized carbons (Fsp3) is 0.381. The standard InChI is InChI=1S/C21H20F3N3O8S/c1-3-9-33-16-10-20(35-17(16)12-34-26-13(2)28,36(31,32)14-7-5-4-6-8-14)27-11-15(21(22,23)24)18(29)25-19(27)30/h1,4-8,11,16-17H,9-10,12H2,2H3,(H,26,28)(H,25,29,30)/t16-,17+,20-/m0/s1. The van der Waals surface area contributed by atoms with Crippen LogP contribution in [0.5, 0.6) is 0 Å². The summed E-state index contributed by atoms with van der Waals surface area (Å²) in [4.78, 5) is 41.9. The van der Waals surface area contributed by atoms with E-state index in [1.165, 1.54) is 23.2 Å². The molecule has 2 heterocycles. The molecule has 0 saturated carbocycles. The number of ether oxygens (including phenoxy) is 2. The lowest BCUT2D eigenvalue weighted by Crippen LogP contribution is -2.50. The van der Waals surface area contributed by atoms with Crippen molar-refractivity contribution >= 4 is 15.7 Å². The first-order valence-electron chi connectivity index (χ1n) is 10.2. The number of hydrogen-bond donors (Lipinski definition) is 2. The van der Waals surface area contributed by atoms with Crippen molar-refractivity contribution in [2.45, 2.75) is 41.7 Å². The number of alkyl halides is 3. The largest absolute Gasteiger partial charge is 0.423 e. The van der Waals surface area contributed by atoms with Gasteiger partial charge in [0.2, 0.25) is 15.7 Å². The summed E-state index contributed by atoms with van der Waals surface area (Å²) in [6, 6.07) is 6.52. The number of amides is 1. The highest BCUT2D eigenvalue weighted by atomic mass is 32.2. The number of H-pyrrole nitrogens is 1. The number of sulfone groups is 1. The number of terminal acetylenes is 1. The van der Waals surface area contributed by atoms with Gasteiger partial charge < -0.3 is 9.47 Å². The Bertz CT molecular complexity index is 1380. The molecule has 11 nitrogen and oxygen atoms in total. The first kappa shape index (κ1) is 27.1. The molecule has 0 unspecified atom stereocenters. The Kier molecular flexibility index (Phi) is 7.74. The summed E-state index contributed by atoms with van der Waals surface area (Å²) in [6.45, 7) is 0.260. The SMILES string of the molecule is C#CCO[C@H]1C[C@@](n2cc(C(F)(F)F)c(=O)[nH]c2=O)(S(=O)(=O)c2ccccc2)O[C@@H]1CONC(C)=O. The van der Waals surface area contributed by atoms with Crippen LogP contribution in [-0.4, -0.2) is 49.3 Å². The quantitative estimate of drug-likeness (QED) is 0.370. The summed E-state index contributed by atoms with van der Waals surface area (Å²) in [7, 11) is -4.81. The van der Waals surface area contributed by atoms with Crippen LogP contribution in [0, 0.1) is 12.3 Å². The predicted octanol–water partition coefficient (Wildman–Crippen LogP) is 0.515. The molecule has 0 radical (unpaired) electrons. The number of carbonyl (C=O) groups is 1. The van der Waals surface area contributed by atoms with Crippen molar-refractivity contribution in [3.8, 4) is 12.3 Å². The van der Waals surface area contributed by atoms with E-state index in [0.29, 0.717) is 0 Å². The predicted molar refractivity (Wildman–Crippen MR) is 116 cm³/mol. The molecule has 1 aliphatic heterocycles. The second kappa shape index (κ2) is 10.3. The summed E-state index contributed by atoms with van der Waals surface area (Å²) in [6.07, 6.45) is -3.21. The number of hydrogen-bond acceptors (Lipinski definition) is 8. The molecule has 3 atom stereocenters. The molecule has 1 aromatic carbocycles. The highest BCUT2D eigenvalue weighted by Crippen LogP contribution is 2.44. The number of nitrogens with one attached hydrogen (secondary N) is 2. The van der Waals surface area contributed by atoms with Gasteiger partial charge in [-0.3, -0.25) is 24.0 Å². The van der Waals surface area contributed by atoms with E-state index in [1.807, 2.05) is 5.48 Å². The van der Waals surface area contributed by atoms with Gasteiger partial charge in [0.05, 0.1) is 11.0 Å². The highest BCUT2D eigenvalue weighted by molar-refractivity contribution is 7.92. The molecule has 0 aliphatic carbocycles. The van der Waals surface area contributed by atoms with Gasteiger partial charge in [0.15, 0.2) is 0 Å². The molecule has 1 aromatic heterocycles. The van der Waals surface area contributed by atoms with E-state index in [0.717, 1.165) is 19.1 Å². The number of rotatable bonds is 8. The van der Waals surface area contributed by atoms with Crippen molar-refractivity contribution in [2.75, 3.05) is 13.2 Å². The van der Waals surface area contributed by atoms with Crippen LogP contribution < -0.4 is 16.7 Å². The van der Waals surface area contributed by atoms with Crippen molar-refractivity contribution in [1.29, 1.82) is 0 Å². The van der Waals surface area contributed by atoms with Crippen molar-refractivity contribution in [2.24, 2.45) is 0 Å². The van der Waals surface area contributed by atoms with E-state index < -0.39 is 73.9 Å². The lowest BCUT2D eigenvalue weighted by Gasteiger charge is -2.31. The summed E-state index contributed by atoms with van der Waals surface area (Å²) in [5, 5.41) is -2.82. The van der Waals surface area contributed by atoms with Gasteiger partial charge in [-0.05, 0) is 12.1 Å². The van der Waals surface area contributed by atoms with Crippen molar-refractivity contribution in [1.82, 2.24) is 15.0 Å². The summed E-state index contributed by atoms with van der Waals surface area (Å²) in [5.41, 5.74) is -3.07. The fourth-order valence-corrected chi connectivity index (χ4v) is 5.51. The highest BCUT2D eigenvalue weighted by Gasteiger charge is 2.59. The Morgan fingerprint density at radius 1 is 1.33 bits per heavy atom. The number of benzene rings is 1. The summed E-state index contributed by atoms with van der Waals surface area (Å²) >= 11 is 0. The Morgan fingerprint density at radius 2 is 2.00 bits per heavy atom. The number of hydroxylamine groups is 1. The Morgan fingerprint density at radius 3 is 2.58 bits per heavy atom. The van der Waals surface area contributed by atoms with Gasteiger partial charge in [0.25, 0.3) is 10.6 Å². The molecule has 1 amide bonds. The molecular weight excluding hydrogens is 511 g/mol. The molecule has 0 bridgehead atoms. The van der Waals surface area contributed by atoms with Gasteiger partial charge in [-0.25, -0.2) is 18.7 Å². The Balaban J connectivity index is 2.26. The van der Waals surface area contributed by atoms with E-state index in [4.69, 9.17) is 20.7 Å². The lowest BCUT2D eigenvalue weighted by atomic mass is 10.2. The molecule has 2 aromatic rings. The zero-order chi connectivity index (χ0) is 26.7. The third-order valence-corrected chi connectivity index (χ3v) is 7.33. The van der Waals surface area contributed by atoms with Gasteiger partial charge in [-0.15, -0.1) is 6.42 Å². The molecular formula is C21H20F3N3O8S. The normalized spacial score (nSPS) is 22.2. The minimum atomic E-state index is -5.23.